The molecule has 0 aliphatic rings. The molecule has 0 aromatic heterocycles. The molecule has 1 unspecified atom stereocenters. The van der Waals surface area contributed by atoms with Crippen molar-refractivity contribution in [3.63, 3.8) is 0 Å². The van der Waals surface area contributed by atoms with E-state index >= 15 is 0 Å². The van der Waals surface area contributed by atoms with Crippen LogP contribution >= 0.6 is 7.82 Å². The van der Waals surface area contributed by atoms with Gasteiger partial charge in [-0.25, -0.2) is 0 Å². The first-order valence-electron chi connectivity index (χ1n) is 19.2. The average Bonchev–Trinajstić information content (AvgIpc) is 3.01. The van der Waals surface area contributed by atoms with E-state index in [1.165, 1.54) is 103 Å². The first-order valence-corrected chi connectivity index (χ1v) is 20.7. The van der Waals surface area contributed by atoms with Crippen LogP contribution in [0.2, 0.25) is 0 Å². The summed E-state index contributed by atoms with van der Waals surface area (Å²) < 4.78 is 33.7. The summed E-state index contributed by atoms with van der Waals surface area (Å²) in [5, 5.41) is 0. The van der Waals surface area contributed by atoms with Gasteiger partial charge < -0.3 is 27.9 Å². The van der Waals surface area contributed by atoms with Gasteiger partial charge in [0.05, 0.1) is 27.7 Å². The van der Waals surface area contributed by atoms with Gasteiger partial charge >= 0.3 is 11.9 Å². The van der Waals surface area contributed by atoms with Crippen LogP contribution < -0.4 is 4.89 Å². The quantitative estimate of drug-likeness (QED) is 0.0280. The fraction of sp³-hybridized carbons (Fsp3) is 0.946. The Labute approximate surface area is 289 Å². The number of hydrogen-bond donors (Lipinski definition) is 0. The Kier molecular flexibility index (Phi) is 30.4. The predicted octanol–water partition coefficient (Wildman–Crippen LogP) is 9.44. The molecule has 0 spiro atoms. The Morgan fingerprint density at radius 3 is 1.36 bits per heavy atom. The van der Waals surface area contributed by atoms with Crippen molar-refractivity contribution in [2.75, 3.05) is 47.5 Å². The predicted molar refractivity (Wildman–Crippen MR) is 190 cm³/mol. The third-order valence-corrected chi connectivity index (χ3v) is 9.34. The summed E-state index contributed by atoms with van der Waals surface area (Å²) in [5.41, 5.74) is 0. The summed E-state index contributed by atoms with van der Waals surface area (Å²) in [7, 11) is 1.18. The first kappa shape index (κ1) is 46.0. The maximum Gasteiger partial charge on any atom is 0.306 e. The number of phosphoric ester groups is 1. The molecule has 0 aromatic rings. The third-order valence-electron chi connectivity index (χ3n) is 8.38. The number of quaternary nitrogens is 1. The van der Waals surface area contributed by atoms with Crippen LogP contribution in [0.15, 0.2) is 0 Å². The maximum absolute atomic E-state index is 12.5. The smallest absolute Gasteiger partial charge is 0.306 e. The van der Waals surface area contributed by atoms with Crippen molar-refractivity contribution in [3.8, 4) is 0 Å². The lowest BCUT2D eigenvalue weighted by atomic mass is 10.0. The van der Waals surface area contributed by atoms with Crippen molar-refractivity contribution in [3.05, 3.63) is 0 Å². The van der Waals surface area contributed by atoms with Gasteiger partial charge in [0.1, 0.15) is 19.8 Å². The largest absolute Gasteiger partial charge is 0.756 e. The van der Waals surface area contributed by atoms with Crippen molar-refractivity contribution >= 4 is 19.8 Å². The zero-order valence-electron chi connectivity index (χ0n) is 31.2. The molecule has 0 rings (SSSR count). The molecular weight excluding hydrogens is 617 g/mol. The number of phosphoric acid groups is 1. The SMILES string of the molecule is CCCCCCCCCCCCCCCCCC(=O)OC[C@@H](COP(=O)([O-])OCC[N+](C)(C)C)OC(=O)CCCCCCCCCC. The highest BCUT2D eigenvalue weighted by Gasteiger charge is 2.21. The topological polar surface area (TPSA) is 111 Å². The summed E-state index contributed by atoms with van der Waals surface area (Å²) >= 11 is 0. The summed E-state index contributed by atoms with van der Waals surface area (Å²) in [5.74, 6) is -0.831. The molecular formula is C37H74NO8P. The molecule has 0 heterocycles. The lowest BCUT2D eigenvalue weighted by molar-refractivity contribution is -0.870. The summed E-state index contributed by atoms with van der Waals surface area (Å²) in [6.45, 7) is 4.20. The molecule has 47 heavy (non-hydrogen) atoms. The number of rotatable bonds is 35. The standard InChI is InChI=1S/C37H74NO8P/c1-6-8-10-12-14-16-17-18-19-20-21-22-24-25-27-29-36(39)43-33-35(34-45-47(41,42)44-32-31-38(3,4)5)46-37(40)30-28-26-23-15-13-11-9-7-2/h35H,6-34H2,1-5H3/t35-/m0/s1. The number of ether oxygens (including phenoxy) is 2. The van der Waals surface area contributed by atoms with Crippen molar-refractivity contribution < 1.29 is 42.1 Å². The number of carbonyl (C=O) groups is 2. The molecule has 0 saturated heterocycles. The minimum atomic E-state index is -4.60. The van der Waals surface area contributed by atoms with E-state index in [9.17, 15) is 19.0 Å². The molecule has 10 heteroatoms. The molecule has 9 nitrogen and oxygen atoms in total. The number of carbonyl (C=O) groups excluding carboxylic acids is 2. The Balaban J connectivity index is 4.33. The third kappa shape index (κ3) is 34.7. The Morgan fingerprint density at radius 2 is 0.957 bits per heavy atom. The van der Waals surface area contributed by atoms with Gasteiger partial charge in [-0.15, -0.1) is 0 Å². The van der Waals surface area contributed by atoms with Gasteiger partial charge in [0.15, 0.2) is 6.10 Å². The molecule has 0 saturated carbocycles. The fourth-order valence-electron chi connectivity index (χ4n) is 5.30. The molecule has 2 atom stereocenters. The van der Waals surface area contributed by atoms with E-state index in [1.54, 1.807) is 0 Å². The molecule has 0 radical (unpaired) electrons. The van der Waals surface area contributed by atoms with Crippen LogP contribution in [-0.4, -0.2) is 70.0 Å². The van der Waals surface area contributed by atoms with E-state index in [2.05, 4.69) is 13.8 Å². The molecule has 0 bridgehead atoms. The highest BCUT2D eigenvalue weighted by Crippen LogP contribution is 2.38. The Hall–Kier alpha value is -0.990. The van der Waals surface area contributed by atoms with Crippen molar-refractivity contribution in [1.29, 1.82) is 0 Å². The van der Waals surface area contributed by atoms with Gasteiger partial charge in [-0.1, -0.05) is 149 Å². The molecule has 0 N–H and O–H groups in total. The second-order valence-electron chi connectivity index (χ2n) is 14.3. The Morgan fingerprint density at radius 1 is 0.574 bits per heavy atom. The van der Waals surface area contributed by atoms with Gasteiger partial charge in [-0.2, -0.15) is 0 Å². The van der Waals surface area contributed by atoms with Gasteiger partial charge in [0.25, 0.3) is 7.82 Å². The van der Waals surface area contributed by atoms with Crippen LogP contribution in [0.25, 0.3) is 0 Å². The first-order chi connectivity index (χ1) is 22.5. The lowest BCUT2D eigenvalue weighted by Gasteiger charge is -2.28. The number of unbranched alkanes of at least 4 members (excludes halogenated alkanes) is 21. The van der Waals surface area contributed by atoms with Crippen LogP contribution in [0.1, 0.15) is 174 Å². The average molecular weight is 692 g/mol. The fourth-order valence-corrected chi connectivity index (χ4v) is 6.03. The monoisotopic (exact) mass is 692 g/mol. The zero-order chi connectivity index (χ0) is 35.1. The van der Waals surface area contributed by atoms with Gasteiger partial charge in [-0.05, 0) is 12.8 Å². The molecule has 0 aromatic carbocycles. The van der Waals surface area contributed by atoms with E-state index in [4.69, 9.17) is 18.5 Å². The van der Waals surface area contributed by atoms with Gasteiger partial charge in [0.2, 0.25) is 0 Å². The summed E-state index contributed by atoms with van der Waals surface area (Å²) in [6.07, 6.45) is 27.1. The van der Waals surface area contributed by atoms with Crippen molar-refractivity contribution in [2.24, 2.45) is 0 Å². The second-order valence-corrected chi connectivity index (χ2v) is 15.7. The normalized spacial score (nSPS) is 13.7. The minimum absolute atomic E-state index is 0.0264. The van der Waals surface area contributed by atoms with Crippen LogP contribution in [-0.2, 0) is 32.7 Å². The highest BCUT2D eigenvalue weighted by atomic mass is 31.2. The van der Waals surface area contributed by atoms with Crippen LogP contribution in [0.4, 0.5) is 0 Å². The van der Waals surface area contributed by atoms with E-state index in [0.717, 1.165) is 38.5 Å². The highest BCUT2D eigenvalue weighted by molar-refractivity contribution is 7.45. The van der Waals surface area contributed by atoms with Gasteiger partial charge in [0, 0.05) is 12.8 Å². The van der Waals surface area contributed by atoms with Crippen LogP contribution in [0.5, 0.6) is 0 Å². The summed E-state index contributed by atoms with van der Waals surface area (Å²) in [4.78, 5) is 37.2. The van der Waals surface area contributed by atoms with E-state index in [0.29, 0.717) is 17.4 Å². The van der Waals surface area contributed by atoms with Crippen molar-refractivity contribution in [2.45, 2.75) is 180 Å². The zero-order valence-corrected chi connectivity index (χ0v) is 32.1. The molecule has 0 amide bonds. The van der Waals surface area contributed by atoms with E-state index < -0.39 is 26.5 Å². The van der Waals surface area contributed by atoms with Crippen LogP contribution in [0.3, 0.4) is 0 Å². The Bertz CT molecular complexity index is 789. The van der Waals surface area contributed by atoms with E-state index in [-0.39, 0.29) is 32.0 Å². The van der Waals surface area contributed by atoms with Gasteiger partial charge in [-0.3, -0.25) is 14.2 Å². The lowest BCUT2D eigenvalue weighted by Crippen LogP contribution is -2.37. The number of hydrogen-bond acceptors (Lipinski definition) is 8. The number of esters is 2. The molecule has 0 fully saturated rings. The minimum Gasteiger partial charge on any atom is -0.756 e. The van der Waals surface area contributed by atoms with Crippen LogP contribution in [0, 0.1) is 0 Å². The molecule has 0 aliphatic heterocycles. The molecule has 280 valence electrons. The maximum atomic E-state index is 12.5. The summed E-state index contributed by atoms with van der Waals surface area (Å²) in [6, 6.07) is 0. The van der Waals surface area contributed by atoms with Crippen molar-refractivity contribution in [1.82, 2.24) is 0 Å². The van der Waals surface area contributed by atoms with E-state index in [1.807, 2.05) is 21.1 Å². The number of likely N-dealkylation sites (N-methyl/N-ethyl adjacent to an activating group) is 1. The molecule has 0 aliphatic carbocycles. The number of nitrogens with zero attached hydrogens (tertiary/aromatic N) is 1. The second kappa shape index (κ2) is 31.0.